The van der Waals surface area contributed by atoms with Crippen LogP contribution in [0.3, 0.4) is 0 Å². The minimum Gasteiger partial charge on any atom is -0.481 e. The van der Waals surface area contributed by atoms with Crippen LogP contribution < -0.4 is 9.46 Å². The van der Waals surface area contributed by atoms with E-state index in [1.54, 1.807) is 24.0 Å². The van der Waals surface area contributed by atoms with Gasteiger partial charge in [0.05, 0.1) is 18.1 Å². The fraction of sp³-hybridized carbons (Fsp3) is 0.588. The Morgan fingerprint density at radius 2 is 1.80 bits per heavy atom. The average molecular weight is 370 g/mol. The second-order valence-electron chi connectivity index (χ2n) is 6.41. The third-order valence-corrected chi connectivity index (χ3v) is 5.24. The Hall–Kier alpha value is -1.64. The zero-order valence-corrected chi connectivity index (χ0v) is 15.7. The molecule has 1 aromatic rings. The van der Waals surface area contributed by atoms with Crippen LogP contribution in [-0.2, 0) is 19.6 Å². The molecular weight excluding hydrogens is 344 g/mol. The molecule has 0 unspecified atom stereocenters. The molecule has 0 spiro atoms. The van der Waals surface area contributed by atoms with Crippen molar-refractivity contribution in [1.82, 2.24) is 9.62 Å². The fourth-order valence-electron chi connectivity index (χ4n) is 2.35. The molecule has 0 aromatic heterocycles. The van der Waals surface area contributed by atoms with Crippen LogP contribution in [0.25, 0.3) is 0 Å². The molecule has 0 aliphatic carbocycles. The van der Waals surface area contributed by atoms with E-state index in [1.807, 2.05) is 13.8 Å². The number of nitrogens with zero attached hydrogens (tertiary/aromatic N) is 1. The highest BCUT2D eigenvalue weighted by molar-refractivity contribution is 7.89. The van der Waals surface area contributed by atoms with Crippen molar-refractivity contribution in [2.24, 2.45) is 5.92 Å². The number of rotatable bonds is 7. The van der Waals surface area contributed by atoms with Crippen LogP contribution in [0.15, 0.2) is 29.2 Å². The molecule has 25 heavy (non-hydrogen) atoms. The van der Waals surface area contributed by atoms with E-state index in [1.165, 1.54) is 12.1 Å². The molecule has 1 saturated heterocycles. The minimum absolute atomic E-state index is 0.0985. The van der Waals surface area contributed by atoms with Crippen LogP contribution in [0.4, 0.5) is 0 Å². The highest BCUT2D eigenvalue weighted by Crippen LogP contribution is 2.18. The van der Waals surface area contributed by atoms with Crippen molar-refractivity contribution < 1.29 is 22.7 Å². The van der Waals surface area contributed by atoms with Crippen LogP contribution in [0.5, 0.6) is 5.75 Å². The Kier molecular flexibility index (Phi) is 6.80. The highest BCUT2D eigenvalue weighted by atomic mass is 32.2. The van der Waals surface area contributed by atoms with Gasteiger partial charge in [-0.25, -0.2) is 13.1 Å². The summed E-state index contributed by atoms with van der Waals surface area (Å²) in [4.78, 5) is 14.2. The maximum Gasteiger partial charge on any atom is 0.263 e. The van der Waals surface area contributed by atoms with Crippen molar-refractivity contribution in [2.45, 2.75) is 31.8 Å². The normalized spacial score (nSPS) is 16.7. The summed E-state index contributed by atoms with van der Waals surface area (Å²) in [6.45, 7) is 8.14. The van der Waals surface area contributed by atoms with Crippen molar-refractivity contribution in [2.75, 3.05) is 32.8 Å². The molecule has 1 fully saturated rings. The van der Waals surface area contributed by atoms with E-state index in [-0.39, 0.29) is 16.7 Å². The van der Waals surface area contributed by atoms with Crippen molar-refractivity contribution in [3.63, 3.8) is 0 Å². The zero-order chi connectivity index (χ0) is 18.4. The summed E-state index contributed by atoms with van der Waals surface area (Å²) >= 11 is 0. The Bertz CT molecular complexity index is 667. The van der Waals surface area contributed by atoms with E-state index < -0.39 is 16.1 Å². The predicted octanol–water partition coefficient (Wildman–Crippen LogP) is 1.25. The monoisotopic (exact) mass is 370 g/mol. The summed E-state index contributed by atoms with van der Waals surface area (Å²) in [5.41, 5.74) is 0. The van der Waals surface area contributed by atoms with Crippen molar-refractivity contribution in [3.8, 4) is 5.75 Å². The molecule has 140 valence electrons. The SMILES string of the molecule is CC(C)CNS(=O)(=O)c1ccc(O[C@@H](C)C(=O)N2CCOCC2)cc1. The maximum atomic E-state index is 12.3. The van der Waals surface area contributed by atoms with E-state index >= 15 is 0 Å². The first kappa shape index (κ1) is 19.7. The van der Waals surface area contributed by atoms with Gasteiger partial charge in [0.25, 0.3) is 5.91 Å². The van der Waals surface area contributed by atoms with Gasteiger partial charge in [0, 0.05) is 19.6 Å². The smallest absolute Gasteiger partial charge is 0.263 e. The number of carbonyl (C=O) groups excluding carboxylic acids is 1. The van der Waals surface area contributed by atoms with Crippen LogP contribution in [-0.4, -0.2) is 58.2 Å². The molecular formula is C17H26N2O5S. The summed E-state index contributed by atoms with van der Waals surface area (Å²) in [5, 5.41) is 0. The number of hydrogen-bond acceptors (Lipinski definition) is 5. The number of ether oxygens (including phenoxy) is 2. The zero-order valence-electron chi connectivity index (χ0n) is 14.9. The Morgan fingerprint density at radius 3 is 2.36 bits per heavy atom. The van der Waals surface area contributed by atoms with E-state index in [0.717, 1.165) is 0 Å². The van der Waals surface area contributed by atoms with Gasteiger partial charge in [0.1, 0.15) is 5.75 Å². The molecule has 2 rings (SSSR count). The maximum absolute atomic E-state index is 12.3. The van der Waals surface area contributed by atoms with Gasteiger partial charge in [0.15, 0.2) is 6.10 Å². The molecule has 7 nitrogen and oxygen atoms in total. The Labute approximate surface area is 149 Å². The van der Waals surface area contributed by atoms with Gasteiger partial charge >= 0.3 is 0 Å². The van der Waals surface area contributed by atoms with Gasteiger partial charge in [-0.3, -0.25) is 4.79 Å². The summed E-state index contributed by atoms with van der Waals surface area (Å²) in [5.74, 6) is 0.583. The minimum atomic E-state index is -3.53. The first-order chi connectivity index (χ1) is 11.8. The molecule has 1 heterocycles. The van der Waals surface area contributed by atoms with Gasteiger partial charge in [-0.2, -0.15) is 0 Å². The largest absolute Gasteiger partial charge is 0.481 e. The molecule has 1 amide bonds. The van der Waals surface area contributed by atoms with Gasteiger partial charge in [-0.1, -0.05) is 13.8 Å². The molecule has 0 saturated carbocycles. The highest BCUT2D eigenvalue weighted by Gasteiger charge is 2.24. The molecule has 0 bridgehead atoms. The standard InChI is InChI=1S/C17H26N2O5S/c1-13(2)12-18-25(21,22)16-6-4-15(5-7-16)24-14(3)17(20)19-8-10-23-11-9-19/h4-7,13-14,18H,8-12H2,1-3H3/t14-/m0/s1. The molecule has 0 radical (unpaired) electrons. The first-order valence-electron chi connectivity index (χ1n) is 8.42. The van der Waals surface area contributed by atoms with Crippen LogP contribution in [0.2, 0.25) is 0 Å². The van der Waals surface area contributed by atoms with Crippen molar-refractivity contribution in [1.29, 1.82) is 0 Å². The van der Waals surface area contributed by atoms with Gasteiger partial charge in [0.2, 0.25) is 10.0 Å². The Morgan fingerprint density at radius 1 is 1.20 bits per heavy atom. The number of benzene rings is 1. The predicted molar refractivity (Wildman–Crippen MR) is 94.0 cm³/mol. The lowest BCUT2D eigenvalue weighted by Crippen LogP contribution is -2.46. The first-order valence-corrected chi connectivity index (χ1v) is 9.91. The van der Waals surface area contributed by atoms with Crippen LogP contribution in [0, 0.1) is 5.92 Å². The molecule has 1 aromatic carbocycles. The summed E-state index contributed by atoms with van der Waals surface area (Å²) < 4.78 is 37.8. The van der Waals surface area contributed by atoms with E-state index in [9.17, 15) is 13.2 Å². The van der Waals surface area contributed by atoms with Crippen molar-refractivity contribution in [3.05, 3.63) is 24.3 Å². The average Bonchev–Trinajstić information content (AvgIpc) is 2.60. The molecule has 1 aliphatic rings. The Balaban J connectivity index is 1.96. The number of morpholine rings is 1. The number of sulfonamides is 1. The van der Waals surface area contributed by atoms with E-state index in [0.29, 0.717) is 38.6 Å². The lowest BCUT2D eigenvalue weighted by Gasteiger charge is -2.29. The lowest BCUT2D eigenvalue weighted by atomic mass is 10.2. The number of amides is 1. The topological polar surface area (TPSA) is 84.9 Å². The second-order valence-corrected chi connectivity index (χ2v) is 8.18. The summed E-state index contributed by atoms with van der Waals surface area (Å²) in [6.07, 6.45) is -0.639. The summed E-state index contributed by atoms with van der Waals surface area (Å²) in [7, 11) is -3.53. The van der Waals surface area contributed by atoms with Gasteiger partial charge in [-0.15, -0.1) is 0 Å². The van der Waals surface area contributed by atoms with E-state index in [2.05, 4.69) is 4.72 Å². The summed E-state index contributed by atoms with van der Waals surface area (Å²) in [6, 6.07) is 6.08. The second kappa shape index (κ2) is 8.64. The van der Waals surface area contributed by atoms with Gasteiger partial charge in [-0.05, 0) is 37.1 Å². The fourth-order valence-corrected chi connectivity index (χ4v) is 3.57. The molecule has 1 aliphatic heterocycles. The number of carbonyl (C=O) groups is 1. The number of hydrogen-bond donors (Lipinski definition) is 1. The molecule has 1 atom stereocenters. The number of nitrogens with one attached hydrogen (secondary N) is 1. The van der Waals surface area contributed by atoms with E-state index in [4.69, 9.17) is 9.47 Å². The molecule has 8 heteroatoms. The third-order valence-electron chi connectivity index (χ3n) is 3.80. The van der Waals surface area contributed by atoms with Crippen LogP contribution >= 0.6 is 0 Å². The van der Waals surface area contributed by atoms with Gasteiger partial charge < -0.3 is 14.4 Å². The lowest BCUT2D eigenvalue weighted by molar-refractivity contribution is -0.142. The van der Waals surface area contributed by atoms with Crippen LogP contribution in [0.1, 0.15) is 20.8 Å². The molecule has 1 N–H and O–H groups in total. The third kappa shape index (κ3) is 5.69. The van der Waals surface area contributed by atoms with Crippen molar-refractivity contribution >= 4 is 15.9 Å². The quantitative estimate of drug-likeness (QED) is 0.781.